The third-order valence-electron chi connectivity index (χ3n) is 5.47. The lowest BCUT2D eigenvalue weighted by Gasteiger charge is -2.17. The molecule has 2 N–H and O–H groups in total. The largest absolute Gasteiger partial charge is 0.381 e. The van der Waals surface area contributed by atoms with Crippen LogP contribution < -0.4 is 16.2 Å². The Kier molecular flexibility index (Phi) is 13.3. The minimum atomic E-state index is -0.284. The molecule has 0 aliphatic heterocycles. The van der Waals surface area contributed by atoms with Gasteiger partial charge in [-0.05, 0) is 38.6 Å². The molecule has 202 valence electrons. The molecule has 11 nitrogen and oxygen atoms in total. The highest BCUT2D eigenvalue weighted by Crippen LogP contribution is 2.20. The van der Waals surface area contributed by atoms with Crippen molar-refractivity contribution in [1.82, 2.24) is 19.9 Å². The van der Waals surface area contributed by atoms with Gasteiger partial charge in [0.2, 0.25) is 0 Å². The maximum Gasteiger partial charge on any atom is 0.293 e. The fourth-order valence-corrected chi connectivity index (χ4v) is 3.52. The lowest BCUT2D eigenvalue weighted by molar-refractivity contribution is 0.127. The first-order valence-electron chi connectivity index (χ1n) is 12.5. The van der Waals surface area contributed by atoms with Crippen molar-refractivity contribution in [3.05, 3.63) is 51.4 Å². The molecular formula is C26H39N7O4. The summed E-state index contributed by atoms with van der Waals surface area (Å²) < 4.78 is 12.4. The highest BCUT2D eigenvalue weighted by atomic mass is 16.5. The number of nitroso groups, excluding NO2 is 1. The first-order valence-corrected chi connectivity index (χ1v) is 12.5. The molecule has 0 amide bonds. The summed E-state index contributed by atoms with van der Waals surface area (Å²) in [5.74, 6) is 0.423. The molecule has 2 rings (SSSR count). The number of rotatable bonds is 18. The quantitative estimate of drug-likeness (QED) is 0.134. The van der Waals surface area contributed by atoms with E-state index in [1.165, 1.54) is 0 Å². The minimum Gasteiger partial charge on any atom is -0.381 e. The van der Waals surface area contributed by atoms with E-state index in [2.05, 4.69) is 37.5 Å². The van der Waals surface area contributed by atoms with Gasteiger partial charge in [-0.3, -0.25) is 14.4 Å². The molecular weight excluding hydrogens is 474 g/mol. The molecule has 0 saturated heterocycles. The summed E-state index contributed by atoms with van der Waals surface area (Å²) >= 11 is 0. The summed E-state index contributed by atoms with van der Waals surface area (Å²) in [6.45, 7) is 12.9. The summed E-state index contributed by atoms with van der Waals surface area (Å²) in [7, 11) is 1.62. The van der Waals surface area contributed by atoms with Gasteiger partial charge >= 0.3 is 0 Å². The van der Waals surface area contributed by atoms with Gasteiger partial charge in [-0.1, -0.05) is 31.2 Å². The highest BCUT2D eigenvalue weighted by molar-refractivity contribution is 5.81. The Hall–Kier alpha value is -3.28. The van der Waals surface area contributed by atoms with Crippen LogP contribution in [0.4, 0.5) is 5.82 Å². The van der Waals surface area contributed by atoms with Crippen molar-refractivity contribution >= 4 is 29.3 Å². The maximum atomic E-state index is 13.4. The van der Waals surface area contributed by atoms with E-state index in [4.69, 9.17) is 9.47 Å². The van der Waals surface area contributed by atoms with E-state index >= 15 is 0 Å². The predicted molar refractivity (Wildman–Crippen MR) is 149 cm³/mol. The van der Waals surface area contributed by atoms with Gasteiger partial charge in [-0.15, -0.1) is 0 Å². The number of pyridine rings is 1. The number of hydrogen-bond donors (Lipinski definition) is 2. The van der Waals surface area contributed by atoms with Crippen molar-refractivity contribution in [1.29, 1.82) is 0 Å². The van der Waals surface area contributed by atoms with E-state index in [9.17, 15) is 9.70 Å². The Morgan fingerprint density at radius 3 is 2.78 bits per heavy atom. The fourth-order valence-electron chi connectivity index (χ4n) is 3.52. The van der Waals surface area contributed by atoms with Gasteiger partial charge in [0.05, 0.1) is 18.7 Å². The molecule has 2 aromatic rings. The van der Waals surface area contributed by atoms with Crippen LogP contribution in [0.2, 0.25) is 0 Å². The van der Waals surface area contributed by atoms with Crippen molar-refractivity contribution in [3.63, 3.8) is 0 Å². The standard InChI is InChI=1S/C26H39N7O4/c1-6-10-37-12-9-33-23-13-22(21(17-27-4)8-7-11-36-5)18-30-24(23)31-25(26(33)34)29-15-19(2)14-28-16-20(3)32-35/h7-8,13,17-20,28H,4,6,9-12,14-16H2,1-3,5H3,(H,29,30,31)/b8-7-,21-17+/t19?,20-/m0/s1. The van der Waals surface area contributed by atoms with Gasteiger partial charge in [0.15, 0.2) is 11.5 Å². The average molecular weight is 514 g/mol. The summed E-state index contributed by atoms with van der Waals surface area (Å²) in [6.07, 6.45) is 7.97. The van der Waals surface area contributed by atoms with Crippen molar-refractivity contribution in [2.75, 3.05) is 51.9 Å². The van der Waals surface area contributed by atoms with E-state index in [1.807, 2.05) is 32.1 Å². The molecule has 0 spiro atoms. The normalized spacial score (nSPS) is 13.7. The van der Waals surface area contributed by atoms with Gasteiger partial charge in [-0.2, -0.15) is 4.91 Å². The van der Waals surface area contributed by atoms with E-state index < -0.39 is 0 Å². The Bertz CT molecular complexity index is 1130. The van der Waals surface area contributed by atoms with Gasteiger partial charge < -0.3 is 20.1 Å². The Morgan fingerprint density at radius 1 is 1.27 bits per heavy atom. The lowest BCUT2D eigenvalue weighted by Crippen LogP contribution is -2.32. The van der Waals surface area contributed by atoms with Crippen LogP contribution >= 0.6 is 0 Å². The molecule has 0 bridgehead atoms. The maximum absolute atomic E-state index is 13.4. The predicted octanol–water partition coefficient (Wildman–Crippen LogP) is 3.25. The number of allylic oxidation sites excluding steroid dienone is 2. The Morgan fingerprint density at radius 2 is 2.08 bits per heavy atom. The summed E-state index contributed by atoms with van der Waals surface area (Å²) in [5, 5.41) is 9.39. The van der Waals surface area contributed by atoms with E-state index in [1.54, 1.807) is 31.0 Å². The van der Waals surface area contributed by atoms with E-state index in [0.717, 1.165) is 17.6 Å². The number of anilines is 1. The third-order valence-corrected chi connectivity index (χ3v) is 5.47. The smallest absolute Gasteiger partial charge is 0.293 e. The summed E-state index contributed by atoms with van der Waals surface area (Å²) in [5.41, 5.74) is 2.37. The first kappa shape index (κ1) is 29.9. The number of nitrogens with zero attached hydrogens (tertiary/aromatic N) is 5. The number of hydrogen-bond acceptors (Lipinski definition) is 10. The molecule has 0 aromatic carbocycles. The topological polar surface area (TPSA) is 132 Å². The molecule has 0 aliphatic rings. The molecule has 1 unspecified atom stereocenters. The third kappa shape index (κ3) is 9.60. The number of methoxy groups -OCH3 is 1. The highest BCUT2D eigenvalue weighted by Gasteiger charge is 2.15. The molecule has 0 radical (unpaired) electrons. The first-order chi connectivity index (χ1) is 17.9. The van der Waals surface area contributed by atoms with Crippen molar-refractivity contribution in [2.45, 2.75) is 39.8 Å². The number of aromatic nitrogens is 3. The van der Waals surface area contributed by atoms with Crippen molar-refractivity contribution < 1.29 is 9.47 Å². The number of fused-ring (bicyclic) bond motifs is 1. The van der Waals surface area contributed by atoms with Gasteiger partial charge in [0, 0.05) is 56.9 Å². The van der Waals surface area contributed by atoms with Crippen molar-refractivity contribution in [2.24, 2.45) is 16.1 Å². The SMILES string of the molecule is C=N/C=C(\C=C/COC)c1cnc2nc(NCC(C)CNC[C@H](C)N=O)c(=O)n(CCOCCC)c2c1. The van der Waals surface area contributed by atoms with Gasteiger partial charge in [-0.25, -0.2) is 9.97 Å². The van der Waals surface area contributed by atoms with Gasteiger partial charge in [0.1, 0.15) is 6.04 Å². The Labute approximate surface area is 218 Å². The molecule has 2 heterocycles. The second-order valence-electron chi connectivity index (χ2n) is 8.82. The van der Waals surface area contributed by atoms with Crippen LogP contribution in [0.5, 0.6) is 0 Å². The average Bonchev–Trinajstić information content (AvgIpc) is 2.90. The molecule has 2 aromatic heterocycles. The minimum absolute atomic E-state index is 0.186. The molecule has 0 aliphatic carbocycles. The number of nitrogens with one attached hydrogen (secondary N) is 2. The number of aliphatic imine (C=N–C) groups is 1. The Balaban J connectivity index is 2.35. The monoisotopic (exact) mass is 513 g/mol. The van der Waals surface area contributed by atoms with Crippen LogP contribution in [0.3, 0.4) is 0 Å². The summed E-state index contributed by atoms with van der Waals surface area (Å²) in [4.78, 5) is 37.0. The van der Waals surface area contributed by atoms with Gasteiger partial charge in [0.25, 0.3) is 5.56 Å². The fraction of sp³-hybridized carbons (Fsp3) is 0.538. The van der Waals surface area contributed by atoms with Crippen LogP contribution in [0.1, 0.15) is 32.8 Å². The zero-order valence-electron chi connectivity index (χ0n) is 22.3. The molecule has 0 fully saturated rings. The molecule has 37 heavy (non-hydrogen) atoms. The van der Waals surface area contributed by atoms with E-state index in [-0.39, 0.29) is 23.3 Å². The zero-order valence-corrected chi connectivity index (χ0v) is 22.3. The molecule has 2 atom stereocenters. The van der Waals surface area contributed by atoms with Crippen molar-refractivity contribution in [3.8, 4) is 0 Å². The number of ether oxygens (including phenoxy) is 2. The second kappa shape index (κ2) is 16.5. The lowest BCUT2D eigenvalue weighted by atomic mass is 10.1. The van der Waals surface area contributed by atoms with Crippen LogP contribution in [0, 0.1) is 10.8 Å². The van der Waals surface area contributed by atoms with Crippen LogP contribution in [0.25, 0.3) is 16.7 Å². The van der Waals surface area contributed by atoms with Crippen LogP contribution in [-0.2, 0) is 16.0 Å². The van der Waals surface area contributed by atoms with Crippen LogP contribution in [0.15, 0.2) is 45.6 Å². The second-order valence-corrected chi connectivity index (χ2v) is 8.82. The zero-order chi connectivity index (χ0) is 27.0. The molecule has 11 heteroatoms. The van der Waals surface area contributed by atoms with Crippen LogP contribution in [-0.4, -0.2) is 73.9 Å². The molecule has 0 saturated carbocycles. The van der Waals surface area contributed by atoms with E-state index in [0.29, 0.717) is 57.2 Å². The summed E-state index contributed by atoms with van der Waals surface area (Å²) in [6, 6.07) is 1.59.